The lowest BCUT2D eigenvalue weighted by molar-refractivity contribution is 0.00578. The summed E-state index contributed by atoms with van der Waals surface area (Å²) in [4.78, 5) is 41.2. The molecule has 4 aliphatic heterocycles. The van der Waals surface area contributed by atoms with Gasteiger partial charge in [0.2, 0.25) is 0 Å². The minimum atomic E-state index is -1.47. The molecule has 114 heavy (non-hydrogen) atoms. The molecule has 9 heterocycles. The van der Waals surface area contributed by atoms with Crippen molar-refractivity contribution in [1.82, 2.24) is 49.8 Å². The molecule has 2 N–H and O–H groups in total. The Morgan fingerprint density at radius 2 is 0.588 bits per heavy atom. The van der Waals surface area contributed by atoms with E-state index in [0.717, 1.165) is 95.7 Å². The Hall–Kier alpha value is -7.23. The van der Waals surface area contributed by atoms with Crippen LogP contribution in [0.4, 0.5) is 0 Å². The van der Waals surface area contributed by atoms with E-state index in [2.05, 4.69) is 230 Å². The second-order valence-electron chi connectivity index (χ2n) is 30.9. The maximum atomic E-state index is 8.50. The largest absolute Gasteiger partial charge is 0.494 e. The van der Waals surface area contributed by atoms with E-state index >= 15 is 0 Å². The van der Waals surface area contributed by atoms with E-state index in [1.54, 1.807) is 37.2 Å². The van der Waals surface area contributed by atoms with Gasteiger partial charge >= 0.3 is 35.4 Å². The van der Waals surface area contributed by atoms with Crippen LogP contribution in [0.25, 0.3) is 66.9 Å². The standard InChI is InChI=1S/C20H12Br2N2.2C16H19BN2O2.C12H24B2O4.C10H7BrN2.C6H4BrI.C4H5BN2O2/c21-15-11-12-16(22)20-19(15)23-17(13-7-3-1-4-8-13)18(24-20)14-9-5-2-6-10-14;2*1-15(2)16(3,4)21-17(20-15)14-7-5-6-12(8-14)13-9-18-11-19-10-13;1-9(2)10(3,4)16-13(15-9)14-17-11(5,6)12(7,8)18-14;11-10-3-1-2-8(4-10)9-5-12-7-13-6-9;7-5-2-1-3-6(8)4-5;8-5(9)4-1-6-3-7-2-4/h1-12H;2*5-11H,1-4H3;1-8H3;1-7H;1-4H;1-3,8-9H. The Bertz CT molecular complexity index is 4820. The van der Waals surface area contributed by atoms with Crippen molar-refractivity contribution in [1.29, 1.82) is 0 Å². The fourth-order valence-electron chi connectivity index (χ4n) is 11.3. The molecule has 0 aliphatic carbocycles. The van der Waals surface area contributed by atoms with E-state index in [-0.39, 0.29) is 59.0 Å². The Labute approximate surface area is 717 Å². The van der Waals surface area contributed by atoms with Crippen LogP contribution in [0.2, 0.25) is 0 Å². The van der Waals surface area contributed by atoms with Gasteiger partial charge < -0.3 is 47.3 Å². The van der Waals surface area contributed by atoms with Gasteiger partial charge in [-0.2, -0.15) is 0 Å². The highest BCUT2D eigenvalue weighted by atomic mass is 127. The second kappa shape index (κ2) is 38.5. The first-order valence-electron chi connectivity index (χ1n) is 36.8. The molecule has 7 aromatic carbocycles. The number of benzene rings is 7. The van der Waals surface area contributed by atoms with Crippen molar-refractivity contribution in [3.8, 4) is 55.9 Å². The minimum Gasteiger partial charge on any atom is -0.423 e. The summed E-state index contributed by atoms with van der Waals surface area (Å²) in [7, 11) is -3.11. The highest BCUT2D eigenvalue weighted by molar-refractivity contribution is 14.1. The van der Waals surface area contributed by atoms with E-state index in [1.807, 2.05) is 177 Å². The molecule has 0 bridgehead atoms. The summed E-state index contributed by atoms with van der Waals surface area (Å²) < 4.78 is 53.5. The normalized spacial score (nSPS) is 17.1. The van der Waals surface area contributed by atoms with Gasteiger partial charge in [0.05, 0.1) is 56.2 Å². The Morgan fingerprint density at radius 1 is 0.307 bits per heavy atom. The zero-order valence-electron chi connectivity index (χ0n) is 66.5. The van der Waals surface area contributed by atoms with Crippen molar-refractivity contribution in [2.75, 3.05) is 0 Å². The lowest BCUT2D eigenvalue weighted by Crippen LogP contribution is -2.41. The smallest absolute Gasteiger partial charge is 0.423 e. The number of fused-ring (bicyclic) bond motifs is 1. The van der Waals surface area contributed by atoms with Crippen molar-refractivity contribution >= 4 is 149 Å². The fraction of sp³-hybridized carbons (Fsp3) is 0.286. The summed E-state index contributed by atoms with van der Waals surface area (Å²) in [5.74, 6) is 0. The topological polar surface area (TPSA) is 243 Å². The summed E-state index contributed by atoms with van der Waals surface area (Å²) in [5.41, 5.74) is 11.4. The molecular formula is C84H90B5Br4IN10O10. The highest BCUT2D eigenvalue weighted by Gasteiger charge is 2.64. The molecule has 5 aromatic heterocycles. The average Bonchev–Trinajstić information content (AvgIpc) is 1.60. The van der Waals surface area contributed by atoms with Crippen LogP contribution in [0.15, 0.2) is 263 Å². The number of nitrogens with zero attached hydrogens (tertiary/aromatic N) is 10. The first-order chi connectivity index (χ1) is 53.8. The molecule has 0 radical (unpaired) electrons. The fourth-order valence-corrected chi connectivity index (χ4v) is 13.9. The summed E-state index contributed by atoms with van der Waals surface area (Å²) in [6.07, 6.45) is 19.4. The number of hydrogen-bond acceptors (Lipinski definition) is 20. The van der Waals surface area contributed by atoms with E-state index in [9.17, 15) is 0 Å². The number of hydrogen-bond donors (Lipinski definition) is 2. The SMILES string of the molecule is Brc1ccc(Br)c2nc(-c3ccccc3)c(-c3ccccc3)nc12.Brc1cccc(-c2cncnc2)c1.Brc1cccc(I)c1.CC1(C)OB(B2OC(C)(C)C(C)(C)O2)OC1(C)C.CC1(C)OB(c2cccc(-c3cncnc3)c2)OC1(C)C.CC1(C)OB(c2cccc(-c3cncnc3)c2)OC1(C)C.OB(O)c1cncnc1. The summed E-state index contributed by atoms with van der Waals surface area (Å²) in [5, 5.41) is 17.0. The average molecular weight is 1900 g/mol. The van der Waals surface area contributed by atoms with Crippen LogP contribution in [0.5, 0.6) is 0 Å². The van der Waals surface area contributed by atoms with Crippen LogP contribution in [0.1, 0.15) is 111 Å². The second-order valence-corrected chi connectivity index (χ2v) is 35.7. The maximum Gasteiger partial charge on any atom is 0.494 e. The van der Waals surface area contributed by atoms with Crippen molar-refractivity contribution in [3.05, 3.63) is 266 Å². The summed E-state index contributed by atoms with van der Waals surface area (Å²) >= 11 is 16.2. The van der Waals surface area contributed by atoms with Crippen molar-refractivity contribution in [3.63, 3.8) is 0 Å². The zero-order chi connectivity index (χ0) is 82.4. The van der Waals surface area contributed by atoms with Crippen molar-refractivity contribution in [2.24, 2.45) is 0 Å². The summed E-state index contributed by atoms with van der Waals surface area (Å²) in [6, 6.07) is 56.8. The molecule has 0 atom stereocenters. The third-order valence-corrected chi connectivity index (χ3v) is 23.5. The maximum absolute atomic E-state index is 8.50. The lowest BCUT2D eigenvalue weighted by atomic mass is 9.49. The number of rotatable bonds is 9. The third kappa shape index (κ3) is 22.9. The third-order valence-electron chi connectivity index (χ3n) is 20.6. The van der Waals surface area contributed by atoms with Gasteiger partial charge in [-0.25, -0.2) is 49.8 Å². The van der Waals surface area contributed by atoms with Gasteiger partial charge in [0, 0.05) is 104 Å². The highest BCUT2D eigenvalue weighted by Crippen LogP contribution is 2.44. The minimum absolute atomic E-state index is 0.303. The van der Waals surface area contributed by atoms with E-state index in [1.165, 1.54) is 41.3 Å². The van der Waals surface area contributed by atoms with Gasteiger partial charge in [0.25, 0.3) is 0 Å². The van der Waals surface area contributed by atoms with Crippen LogP contribution in [-0.4, -0.2) is 140 Å². The molecular weight excluding hydrogens is 1810 g/mol. The van der Waals surface area contributed by atoms with Crippen LogP contribution < -0.4 is 16.4 Å². The van der Waals surface area contributed by atoms with Crippen molar-refractivity contribution < 1.29 is 47.3 Å². The van der Waals surface area contributed by atoms with Gasteiger partial charge in [-0.1, -0.05) is 159 Å². The first-order valence-corrected chi connectivity index (χ1v) is 41.0. The van der Waals surface area contributed by atoms with E-state index < -0.39 is 21.1 Å². The van der Waals surface area contributed by atoms with E-state index in [4.69, 9.17) is 57.3 Å². The Balaban J connectivity index is 0.000000145. The van der Waals surface area contributed by atoms with Gasteiger partial charge in [-0.05, 0) is 235 Å². The van der Waals surface area contributed by atoms with Crippen LogP contribution in [0.3, 0.4) is 0 Å². The molecule has 4 fully saturated rings. The molecule has 16 rings (SSSR count). The predicted molar refractivity (Wildman–Crippen MR) is 478 cm³/mol. The van der Waals surface area contributed by atoms with Gasteiger partial charge in [-0.3, -0.25) is 0 Å². The van der Waals surface area contributed by atoms with Crippen LogP contribution in [0, 0.1) is 3.57 Å². The molecule has 0 spiro atoms. The lowest BCUT2D eigenvalue weighted by Gasteiger charge is -2.32. The van der Waals surface area contributed by atoms with Crippen LogP contribution in [-0.2, 0) is 37.2 Å². The van der Waals surface area contributed by atoms with Crippen LogP contribution >= 0.6 is 86.3 Å². The monoisotopic (exact) mass is 1900 g/mol. The quantitative estimate of drug-likeness (QED) is 0.101. The molecule has 0 saturated carbocycles. The summed E-state index contributed by atoms with van der Waals surface area (Å²) in [6.45, 7) is 32.7. The Kier molecular flexibility index (Phi) is 30.1. The number of aromatic nitrogens is 10. The number of halogens is 5. The van der Waals surface area contributed by atoms with Gasteiger partial charge in [-0.15, -0.1) is 0 Å². The molecule has 586 valence electrons. The van der Waals surface area contributed by atoms with E-state index in [0.29, 0.717) is 5.46 Å². The zero-order valence-corrected chi connectivity index (χ0v) is 75.0. The molecule has 20 nitrogen and oxygen atoms in total. The predicted octanol–water partition coefficient (Wildman–Crippen LogP) is 17.7. The van der Waals surface area contributed by atoms with Gasteiger partial charge in [0.1, 0.15) is 36.3 Å². The molecule has 30 heteroatoms. The molecule has 0 unspecified atom stereocenters. The van der Waals surface area contributed by atoms with Gasteiger partial charge in [0.15, 0.2) is 0 Å². The van der Waals surface area contributed by atoms with Crippen molar-refractivity contribution in [2.45, 2.75) is 156 Å². The molecule has 0 amide bonds. The molecule has 4 aliphatic rings. The Morgan fingerprint density at radius 3 is 0.877 bits per heavy atom. The molecule has 12 aromatic rings. The first kappa shape index (κ1) is 89.1. The molecule has 4 saturated heterocycles.